The third-order valence-corrected chi connectivity index (χ3v) is 3.85. The third-order valence-electron chi connectivity index (χ3n) is 3.85. The van der Waals surface area contributed by atoms with E-state index in [0.717, 1.165) is 53.0 Å². The Morgan fingerprint density at radius 2 is 1.80 bits per heavy atom. The number of nitrogens with zero attached hydrogens (tertiary/aromatic N) is 1. The highest BCUT2D eigenvalue weighted by Crippen LogP contribution is 2.27. The summed E-state index contributed by atoms with van der Waals surface area (Å²) in [4.78, 5) is 0. The lowest BCUT2D eigenvalue weighted by Gasteiger charge is -2.13. The molecule has 1 heterocycles. The summed E-state index contributed by atoms with van der Waals surface area (Å²) in [5, 5.41) is 11.9. The molecule has 0 saturated heterocycles. The number of hydrogen-bond acceptors (Lipinski definition) is 2. The van der Waals surface area contributed by atoms with Gasteiger partial charge in [0.1, 0.15) is 12.4 Å². The van der Waals surface area contributed by atoms with Gasteiger partial charge in [-0.1, -0.05) is 36.8 Å². The summed E-state index contributed by atoms with van der Waals surface area (Å²) in [5.41, 5.74) is 3.15. The number of rotatable bonds is 3. The Labute approximate surface area is 119 Å². The van der Waals surface area contributed by atoms with Crippen LogP contribution < -0.4 is 9.47 Å². The van der Waals surface area contributed by atoms with Crippen LogP contribution in [0.25, 0.3) is 0 Å². The molecule has 1 aromatic carbocycles. The molecule has 0 bridgehead atoms. The molecule has 0 atom stereocenters. The van der Waals surface area contributed by atoms with E-state index in [0.29, 0.717) is 6.61 Å². The zero-order valence-corrected chi connectivity index (χ0v) is 11.5. The van der Waals surface area contributed by atoms with Crippen molar-refractivity contribution in [3.63, 3.8) is 0 Å². The van der Waals surface area contributed by atoms with Crippen LogP contribution >= 0.6 is 0 Å². The quantitative estimate of drug-likeness (QED) is 0.487. The average Bonchev–Trinajstić information content (AvgIpc) is 2.74. The second kappa shape index (κ2) is 5.95. The Bertz CT molecular complexity index is 581. The summed E-state index contributed by atoms with van der Waals surface area (Å²) >= 11 is 0. The first-order valence-electron chi connectivity index (χ1n) is 7.25. The molecule has 0 unspecified atom stereocenters. The molecule has 1 aliphatic carbocycles. The highest BCUT2D eigenvalue weighted by Gasteiger charge is 2.20. The van der Waals surface area contributed by atoms with Gasteiger partial charge in [-0.05, 0) is 24.8 Å². The van der Waals surface area contributed by atoms with Crippen molar-refractivity contribution in [1.82, 2.24) is 0 Å². The van der Waals surface area contributed by atoms with Crippen LogP contribution in [-0.2, 0) is 19.4 Å². The Balaban J connectivity index is 1.83. The summed E-state index contributed by atoms with van der Waals surface area (Å²) in [6, 6.07) is 11.9. The first kappa shape index (κ1) is 13.0. The Morgan fingerprint density at radius 1 is 1.00 bits per heavy atom. The van der Waals surface area contributed by atoms with Gasteiger partial charge in [0.15, 0.2) is 11.9 Å². The van der Waals surface area contributed by atoms with E-state index in [1.807, 2.05) is 18.2 Å². The normalized spacial score (nSPS) is 14.4. The Hall–Kier alpha value is -2.03. The summed E-state index contributed by atoms with van der Waals surface area (Å²) in [5.74, 6) is 0.873. The molecular weight excluding hydrogens is 250 g/mol. The van der Waals surface area contributed by atoms with Crippen molar-refractivity contribution in [1.29, 1.82) is 0 Å². The van der Waals surface area contributed by atoms with Crippen LogP contribution in [0.4, 0.5) is 0 Å². The molecule has 0 fully saturated rings. The van der Waals surface area contributed by atoms with Crippen LogP contribution in [0.5, 0.6) is 5.75 Å². The fourth-order valence-electron chi connectivity index (χ4n) is 2.77. The summed E-state index contributed by atoms with van der Waals surface area (Å²) in [6.07, 6.45) is 6.80. The largest absolute Gasteiger partial charge is 0.618 e. The lowest BCUT2D eigenvalue weighted by atomic mass is 10.1. The SMILES string of the molecule is [O-][n+]1ccc(OCc2ccccc2)c2c1CCCCC2. The predicted molar refractivity (Wildman–Crippen MR) is 77.4 cm³/mol. The van der Waals surface area contributed by atoms with Gasteiger partial charge in [-0.15, -0.1) is 0 Å². The topological polar surface area (TPSA) is 36.2 Å². The molecule has 0 amide bonds. The first-order chi connectivity index (χ1) is 9.84. The van der Waals surface area contributed by atoms with Gasteiger partial charge in [-0.25, -0.2) is 0 Å². The van der Waals surface area contributed by atoms with E-state index in [1.54, 1.807) is 12.3 Å². The summed E-state index contributed by atoms with van der Waals surface area (Å²) in [7, 11) is 0. The molecule has 20 heavy (non-hydrogen) atoms. The van der Waals surface area contributed by atoms with E-state index >= 15 is 0 Å². The van der Waals surface area contributed by atoms with E-state index in [-0.39, 0.29) is 0 Å². The average molecular weight is 269 g/mol. The van der Waals surface area contributed by atoms with Crippen molar-refractivity contribution in [2.75, 3.05) is 0 Å². The molecule has 0 N–H and O–H groups in total. The number of fused-ring (bicyclic) bond motifs is 1. The Morgan fingerprint density at radius 3 is 2.65 bits per heavy atom. The van der Waals surface area contributed by atoms with Gasteiger partial charge in [0.2, 0.25) is 0 Å². The maximum Gasteiger partial charge on any atom is 0.199 e. The molecule has 0 saturated carbocycles. The summed E-state index contributed by atoms with van der Waals surface area (Å²) < 4.78 is 6.96. The van der Waals surface area contributed by atoms with E-state index in [9.17, 15) is 5.21 Å². The fraction of sp³-hybridized carbons (Fsp3) is 0.353. The van der Waals surface area contributed by atoms with Crippen LogP contribution in [-0.4, -0.2) is 0 Å². The van der Waals surface area contributed by atoms with Gasteiger partial charge in [0.25, 0.3) is 0 Å². The minimum Gasteiger partial charge on any atom is -0.618 e. The molecule has 0 spiro atoms. The van der Waals surface area contributed by atoms with Crippen molar-refractivity contribution < 1.29 is 9.47 Å². The minimum atomic E-state index is 0.552. The summed E-state index contributed by atoms with van der Waals surface area (Å²) in [6.45, 7) is 0.552. The molecule has 0 radical (unpaired) electrons. The lowest BCUT2D eigenvalue weighted by molar-refractivity contribution is -0.614. The maximum absolute atomic E-state index is 11.9. The number of benzene rings is 1. The van der Waals surface area contributed by atoms with Gasteiger partial charge in [-0.3, -0.25) is 0 Å². The van der Waals surface area contributed by atoms with Crippen molar-refractivity contribution in [2.45, 2.75) is 38.7 Å². The van der Waals surface area contributed by atoms with Crippen molar-refractivity contribution >= 4 is 0 Å². The molecule has 3 heteroatoms. The van der Waals surface area contributed by atoms with Crippen molar-refractivity contribution in [3.05, 3.63) is 64.6 Å². The molecule has 1 aromatic heterocycles. The standard InChI is InChI=1S/C17H19NO2/c19-18-12-11-17(15-9-5-2-6-10-16(15)18)20-13-14-7-3-1-4-8-14/h1,3-4,7-8,11-12H,2,5-6,9-10,13H2. The molecule has 104 valence electrons. The second-order valence-electron chi connectivity index (χ2n) is 5.27. The second-order valence-corrected chi connectivity index (χ2v) is 5.27. The van der Waals surface area contributed by atoms with Gasteiger partial charge < -0.3 is 9.94 Å². The van der Waals surface area contributed by atoms with Crippen LogP contribution in [0.15, 0.2) is 42.6 Å². The van der Waals surface area contributed by atoms with E-state index in [1.165, 1.54) is 6.42 Å². The zero-order chi connectivity index (χ0) is 13.8. The molecular formula is C17H19NO2. The van der Waals surface area contributed by atoms with Gasteiger partial charge in [0.05, 0.1) is 5.56 Å². The van der Waals surface area contributed by atoms with E-state index in [2.05, 4.69) is 12.1 Å². The minimum absolute atomic E-state index is 0.552. The molecule has 3 rings (SSSR count). The van der Waals surface area contributed by atoms with E-state index < -0.39 is 0 Å². The highest BCUT2D eigenvalue weighted by molar-refractivity contribution is 5.34. The van der Waals surface area contributed by atoms with Gasteiger partial charge in [0, 0.05) is 12.5 Å². The number of ether oxygens (including phenoxy) is 1. The Kier molecular flexibility index (Phi) is 3.86. The predicted octanol–water partition coefficient (Wildman–Crippen LogP) is 3.17. The molecule has 2 aromatic rings. The fourth-order valence-corrected chi connectivity index (χ4v) is 2.77. The van der Waals surface area contributed by atoms with Crippen molar-refractivity contribution in [3.8, 4) is 5.75 Å². The first-order valence-corrected chi connectivity index (χ1v) is 7.25. The zero-order valence-electron chi connectivity index (χ0n) is 11.5. The third kappa shape index (κ3) is 2.77. The van der Waals surface area contributed by atoms with Gasteiger partial charge >= 0.3 is 0 Å². The van der Waals surface area contributed by atoms with Crippen molar-refractivity contribution in [2.24, 2.45) is 0 Å². The lowest BCUT2D eigenvalue weighted by Crippen LogP contribution is -2.32. The van der Waals surface area contributed by atoms with Crippen LogP contribution in [0.3, 0.4) is 0 Å². The molecule has 0 aliphatic heterocycles. The molecule has 3 nitrogen and oxygen atoms in total. The van der Waals surface area contributed by atoms with E-state index in [4.69, 9.17) is 4.74 Å². The number of hydrogen-bond donors (Lipinski definition) is 0. The van der Waals surface area contributed by atoms with Crippen LogP contribution in [0, 0.1) is 5.21 Å². The number of pyridine rings is 1. The monoisotopic (exact) mass is 269 g/mol. The molecule has 1 aliphatic rings. The van der Waals surface area contributed by atoms with Crippen LogP contribution in [0.1, 0.15) is 36.1 Å². The van der Waals surface area contributed by atoms with Crippen LogP contribution in [0.2, 0.25) is 0 Å². The number of aromatic nitrogens is 1. The smallest absolute Gasteiger partial charge is 0.199 e. The maximum atomic E-state index is 11.9. The van der Waals surface area contributed by atoms with Gasteiger partial charge in [-0.2, -0.15) is 4.73 Å². The highest BCUT2D eigenvalue weighted by atomic mass is 16.5.